The molecule has 2 unspecified atom stereocenters. The average molecular weight is 375 g/mol. The van der Waals surface area contributed by atoms with Gasteiger partial charge in [-0.2, -0.15) is 0 Å². The smallest absolute Gasteiger partial charge is 0.0670 e. The fraction of sp³-hybridized carbons (Fsp3) is 0.350. The number of halogens is 2. The number of piperidine rings is 1. The predicted octanol–water partition coefficient (Wildman–Crippen LogP) is 5.63. The summed E-state index contributed by atoms with van der Waals surface area (Å²) in [6.07, 6.45) is 3.10. The van der Waals surface area contributed by atoms with Gasteiger partial charge in [-0.15, -0.1) is 0 Å². The maximum atomic E-state index is 9.76. The van der Waals surface area contributed by atoms with Crippen molar-refractivity contribution in [1.82, 2.24) is 5.32 Å². The molecule has 2 aromatic rings. The first-order chi connectivity index (χ1) is 12.2. The van der Waals surface area contributed by atoms with E-state index >= 15 is 0 Å². The zero-order chi connectivity index (χ0) is 17.4. The van der Waals surface area contributed by atoms with Gasteiger partial charge in [0, 0.05) is 34.0 Å². The highest BCUT2D eigenvalue weighted by Crippen LogP contribution is 2.48. The molecule has 25 heavy (non-hydrogen) atoms. The van der Waals surface area contributed by atoms with Crippen molar-refractivity contribution >= 4 is 28.9 Å². The summed E-state index contributed by atoms with van der Waals surface area (Å²) in [5, 5.41) is 18.7. The van der Waals surface area contributed by atoms with Crippen molar-refractivity contribution in [2.75, 3.05) is 0 Å². The molecule has 0 amide bonds. The molecule has 1 saturated heterocycles. The normalized spacial score (nSPS) is 30.4. The van der Waals surface area contributed by atoms with Crippen LogP contribution in [0.5, 0.6) is 0 Å². The number of hydrogen-bond acceptors (Lipinski definition) is 3. The minimum absolute atomic E-state index is 0.0115. The van der Waals surface area contributed by atoms with Crippen LogP contribution in [0.15, 0.2) is 53.7 Å². The number of nitrogens with zero attached hydrogens (tertiary/aromatic N) is 1. The van der Waals surface area contributed by atoms with Crippen LogP contribution in [0.4, 0.5) is 0 Å². The number of oxime groups is 1. The molecule has 1 aliphatic carbocycles. The van der Waals surface area contributed by atoms with E-state index in [2.05, 4.69) is 10.5 Å². The Morgan fingerprint density at radius 2 is 1.32 bits per heavy atom. The summed E-state index contributed by atoms with van der Waals surface area (Å²) in [7, 11) is 0. The third-order valence-electron chi connectivity index (χ3n) is 5.55. The first-order valence-electron chi connectivity index (χ1n) is 8.67. The van der Waals surface area contributed by atoms with Crippen molar-refractivity contribution < 1.29 is 5.21 Å². The molecule has 3 nitrogen and oxygen atoms in total. The molecule has 1 saturated carbocycles. The summed E-state index contributed by atoms with van der Waals surface area (Å²) in [6, 6.07) is 15.8. The first-order valence-corrected chi connectivity index (χ1v) is 9.43. The van der Waals surface area contributed by atoms with Crippen LogP contribution in [0.2, 0.25) is 10.0 Å². The summed E-state index contributed by atoms with van der Waals surface area (Å²) in [6.45, 7) is 0. The van der Waals surface area contributed by atoms with Crippen molar-refractivity contribution in [3.05, 3.63) is 69.7 Å². The van der Waals surface area contributed by atoms with E-state index < -0.39 is 0 Å². The molecular formula is C20H20Cl2N2O. The third-order valence-corrected chi connectivity index (χ3v) is 6.24. The van der Waals surface area contributed by atoms with Gasteiger partial charge in [-0.25, -0.2) is 0 Å². The van der Waals surface area contributed by atoms with E-state index in [0.29, 0.717) is 0 Å². The second-order valence-electron chi connectivity index (χ2n) is 6.83. The van der Waals surface area contributed by atoms with E-state index in [0.717, 1.165) is 46.1 Å². The molecule has 2 aliphatic rings. The van der Waals surface area contributed by atoms with Crippen LogP contribution < -0.4 is 5.32 Å². The number of rotatable bonds is 2. The van der Waals surface area contributed by atoms with Gasteiger partial charge in [0.05, 0.1) is 5.71 Å². The van der Waals surface area contributed by atoms with Crippen LogP contribution in [0.3, 0.4) is 0 Å². The SMILES string of the molecule is ON=C1[C@H]2CCC[C@@H]1C(c1ccccc1Cl)NC2c1ccccc1Cl. The van der Waals surface area contributed by atoms with Gasteiger partial charge in [-0.1, -0.05) is 71.2 Å². The Kier molecular flexibility index (Phi) is 4.72. The molecule has 2 fully saturated rings. The molecule has 5 heteroatoms. The molecule has 4 rings (SSSR count). The van der Waals surface area contributed by atoms with Gasteiger partial charge in [-0.3, -0.25) is 0 Å². The lowest BCUT2D eigenvalue weighted by Crippen LogP contribution is -2.50. The van der Waals surface area contributed by atoms with Gasteiger partial charge >= 0.3 is 0 Å². The van der Waals surface area contributed by atoms with Crippen molar-refractivity contribution in [2.45, 2.75) is 31.3 Å². The molecule has 4 atom stereocenters. The highest BCUT2D eigenvalue weighted by atomic mass is 35.5. The molecule has 0 spiro atoms. The van der Waals surface area contributed by atoms with Gasteiger partial charge in [0.1, 0.15) is 0 Å². The Bertz CT molecular complexity index is 746. The molecule has 0 aromatic heterocycles. The molecular weight excluding hydrogens is 355 g/mol. The minimum Gasteiger partial charge on any atom is -0.411 e. The molecule has 0 radical (unpaired) electrons. The number of fused-ring (bicyclic) bond motifs is 2. The van der Waals surface area contributed by atoms with Crippen LogP contribution in [-0.4, -0.2) is 10.9 Å². The molecule has 2 aromatic carbocycles. The van der Waals surface area contributed by atoms with E-state index in [1.807, 2.05) is 48.5 Å². The summed E-state index contributed by atoms with van der Waals surface area (Å²) >= 11 is 13.0. The lowest BCUT2D eigenvalue weighted by Gasteiger charge is -2.47. The maximum absolute atomic E-state index is 9.76. The summed E-state index contributed by atoms with van der Waals surface area (Å²) in [5.41, 5.74) is 2.97. The fourth-order valence-corrected chi connectivity index (χ4v) is 4.95. The Morgan fingerprint density at radius 1 is 0.840 bits per heavy atom. The topological polar surface area (TPSA) is 44.6 Å². The monoisotopic (exact) mass is 374 g/mol. The van der Waals surface area contributed by atoms with Gasteiger partial charge < -0.3 is 10.5 Å². The standard InChI is InChI=1S/C20H20Cl2N2O/c21-16-10-3-1-6-12(16)18-14-8-5-9-15(20(14)24-25)19(23-18)13-7-2-4-11-17(13)22/h1-4,6-7,10-11,14-15,18-19,23,25H,5,8-9H2/t14-,15+,18?,19?. The highest BCUT2D eigenvalue weighted by Gasteiger charge is 2.46. The maximum Gasteiger partial charge on any atom is 0.0670 e. The van der Waals surface area contributed by atoms with E-state index in [1.54, 1.807) is 0 Å². The van der Waals surface area contributed by atoms with Crippen LogP contribution >= 0.6 is 23.2 Å². The summed E-state index contributed by atoms with van der Waals surface area (Å²) < 4.78 is 0. The Hall–Kier alpha value is -1.55. The predicted molar refractivity (Wildman–Crippen MR) is 102 cm³/mol. The second-order valence-corrected chi connectivity index (χ2v) is 7.65. The molecule has 1 aliphatic heterocycles. The summed E-state index contributed by atoms with van der Waals surface area (Å²) in [5.74, 6) is 0.310. The van der Waals surface area contributed by atoms with Gasteiger partial charge in [0.15, 0.2) is 0 Å². The lowest BCUT2D eigenvalue weighted by molar-refractivity contribution is 0.214. The van der Waals surface area contributed by atoms with Crippen LogP contribution in [0.1, 0.15) is 42.5 Å². The Morgan fingerprint density at radius 3 is 1.76 bits per heavy atom. The van der Waals surface area contributed by atoms with E-state index in [4.69, 9.17) is 23.2 Å². The van der Waals surface area contributed by atoms with Gasteiger partial charge in [-0.05, 0) is 36.1 Å². The van der Waals surface area contributed by atoms with E-state index in [1.165, 1.54) is 0 Å². The van der Waals surface area contributed by atoms with Crippen molar-refractivity contribution in [3.8, 4) is 0 Å². The van der Waals surface area contributed by atoms with Crippen molar-refractivity contribution in [2.24, 2.45) is 17.0 Å². The quantitative estimate of drug-likeness (QED) is 0.528. The molecule has 1 heterocycles. The Balaban J connectivity index is 1.81. The zero-order valence-electron chi connectivity index (χ0n) is 13.7. The van der Waals surface area contributed by atoms with Crippen LogP contribution in [0.25, 0.3) is 0 Å². The largest absolute Gasteiger partial charge is 0.411 e. The second kappa shape index (κ2) is 6.99. The molecule has 2 N–H and O–H groups in total. The third kappa shape index (κ3) is 2.95. The summed E-state index contributed by atoms with van der Waals surface area (Å²) in [4.78, 5) is 0. The lowest BCUT2D eigenvalue weighted by atomic mass is 9.67. The fourth-order valence-electron chi connectivity index (χ4n) is 4.45. The number of benzene rings is 2. The minimum atomic E-state index is 0.0115. The van der Waals surface area contributed by atoms with E-state index in [-0.39, 0.29) is 23.9 Å². The average Bonchev–Trinajstić information content (AvgIpc) is 2.63. The Labute approximate surface area is 157 Å². The highest BCUT2D eigenvalue weighted by molar-refractivity contribution is 6.31. The van der Waals surface area contributed by atoms with Crippen LogP contribution in [0, 0.1) is 11.8 Å². The van der Waals surface area contributed by atoms with Crippen LogP contribution in [-0.2, 0) is 0 Å². The van der Waals surface area contributed by atoms with Crippen molar-refractivity contribution in [3.63, 3.8) is 0 Å². The van der Waals surface area contributed by atoms with Gasteiger partial charge in [0.2, 0.25) is 0 Å². The molecule has 2 bridgehead atoms. The molecule has 130 valence electrons. The van der Waals surface area contributed by atoms with E-state index in [9.17, 15) is 5.21 Å². The first kappa shape index (κ1) is 16.9. The zero-order valence-corrected chi connectivity index (χ0v) is 15.2. The number of hydrogen-bond donors (Lipinski definition) is 2. The van der Waals surface area contributed by atoms with Gasteiger partial charge in [0.25, 0.3) is 0 Å². The van der Waals surface area contributed by atoms with Crippen molar-refractivity contribution in [1.29, 1.82) is 0 Å². The number of nitrogens with one attached hydrogen (secondary N) is 1.